The summed E-state index contributed by atoms with van der Waals surface area (Å²) in [7, 11) is 0. The topological polar surface area (TPSA) is 29.9 Å². The molecule has 3 nitrogen and oxygen atoms in total. The van der Waals surface area contributed by atoms with Gasteiger partial charge in [-0.25, -0.2) is 0 Å². The van der Waals surface area contributed by atoms with Crippen LogP contribution in [0.4, 0.5) is 4.39 Å². The first kappa shape index (κ1) is 14.2. The lowest BCUT2D eigenvalue weighted by atomic mass is 10.4. The Morgan fingerprint density at radius 1 is 1.35 bits per heavy atom. The van der Waals surface area contributed by atoms with Crippen molar-refractivity contribution in [2.24, 2.45) is 0 Å². The summed E-state index contributed by atoms with van der Waals surface area (Å²) in [6, 6.07) is 5.29. The van der Waals surface area contributed by atoms with Crippen LogP contribution in [0.15, 0.2) is 24.4 Å². The molecule has 0 aliphatic carbocycles. The maximum Gasteiger partial charge on any atom is 0.176 e. The van der Waals surface area contributed by atoms with Crippen LogP contribution in [0.2, 0.25) is 0 Å². The van der Waals surface area contributed by atoms with Crippen molar-refractivity contribution in [2.45, 2.75) is 26.6 Å². The van der Waals surface area contributed by atoms with Gasteiger partial charge in [0.2, 0.25) is 0 Å². The number of thiophene rings is 1. The highest BCUT2D eigenvalue weighted by Crippen LogP contribution is 2.13. The molecule has 2 aromatic heterocycles. The van der Waals surface area contributed by atoms with Crippen molar-refractivity contribution >= 4 is 23.7 Å². The summed E-state index contributed by atoms with van der Waals surface area (Å²) in [6.45, 7) is 4.34. The maximum atomic E-state index is 12.7. The molecule has 0 aliphatic heterocycles. The molecule has 2 heterocycles. The van der Waals surface area contributed by atoms with Gasteiger partial charge in [0.15, 0.2) is 5.13 Å². The van der Waals surface area contributed by atoms with Gasteiger partial charge in [0.1, 0.15) is 0 Å². The summed E-state index contributed by atoms with van der Waals surface area (Å²) in [5, 5.41) is 7.45. The largest absolute Gasteiger partial charge is 0.306 e. The first-order valence-corrected chi connectivity index (χ1v) is 6.07. The fourth-order valence-electron chi connectivity index (χ4n) is 1.43. The van der Waals surface area contributed by atoms with E-state index in [2.05, 4.69) is 17.3 Å². The minimum absolute atomic E-state index is 0. The fraction of sp³-hybridized carbons (Fsp3) is 0.364. The van der Waals surface area contributed by atoms with E-state index in [-0.39, 0.29) is 17.5 Å². The quantitative estimate of drug-likeness (QED) is 0.909. The molecule has 17 heavy (non-hydrogen) atoms. The summed E-state index contributed by atoms with van der Waals surface area (Å²) in [5.41, 5.74) is 1.01. The van der Waals surface area contributed by atoms with Crippen LogP contribution in [0.5, 0.6) is 0 Å². The van der Waals surface area contributed by atoms with Gasteiger partial charge < -0.3 is 5.32 Å². The van der Waals surface area contributed by atoms with Crippen LogP contribution in [-0.4, -0.2) is 9.78 Å². The lowest BCUT2D eigenvalue weighted by molar-refractivity contribution is 0.621. The molecular formula is C11H15ClFN3S. The molecule has 0 amide bonds. The van der Waals surface area contributed by atoms with Crippen molar-refractivity contribution in [1.29, 1.82) is 0 Å². The van der Waals surface area contributed by atoms with Crippen molar-refractivity contribution in [3.63, 3.8) is 0 Å². The Labute approximate surface area is 110 Å². The molecule has 0 atom stereocenters. The molecule has 0 aromatic carbocycles. The minimum Gasteiger partial charge on any atom is -0.306 e. The summed E-state index contributed by atoms with van der Waals surface area (Å²) in [6.07, 6.45) is 1.96. The Morgan fingerprint density at radius 3 is 2.76 bits per heavy atom. The average Bonchev–Trinajstić information content (AvgIpc) is 2.88. The lowest BCUT2D eigenvalue weighted by Gasteiger charge is -1.99. The molecule has 0 unspecified atom stereocenters. The van der Waals surface area contributed by atoms with Gasteiger partial charge in [0, 0.05) is 30.7 Å². The number of rotatable bonds is 5. The van der Waals surface area contributed by atoms with E-state index in [1.165, 1.54) is 17.4 Å². The zero-order valence-electron chi connectivity index (χ0n) is 9.52. The molecule has 0 saturated carbocycles. The minimum atomic E-state index is -0.132. The van der Waals surface area contributed by atoms with Crippen LogP contribution in [0.25, 0.3) is 0 Å². The highest BCUT2D eigenvalue weighted by Gasteiger charge is 2.00. The number of nitrogens with one attached hydrogen (secondary N) is 1. The zero-order chi connectivity index (χ0) is 11.4. The number of hydrogen-bond donors (Lipinski definition) is 1. The highest BCUT2D eigenvalue weighted by molar-refractivity contribution is 7.10. The molecule has 0 bridgehead atoms. The predicted molar refractivity (Wildman–Crippen MR) is 70.0 cm³/mol. The Bertz CT molecular complexity index is 455. The van der Waals surface area contributed by atoms with Crippen LogP contribution in [0.1, 0.15) is 17.5 Å². The van der Waals surface area contributed by atoms with Crippen LogP contribution in [-0.2, 0) is 19.6 Å². The molecule has 2 rings (SSSR count). The molecule has 0 fully saturated rings. The van der Waals surface area contributed by atoms with E-state index in [1.54, 1.807) is 6.07 Å². The van der Waals surface area contributed by atoms with Gasteiger partial charge in [-0.3, -0.25) is 4.68 Å². The molecule has 0 spiro atoms. The van der Waals surface area contributed by atoms with E-state index in [0.29, 0.717) is 13.1 Å². The summed E-state index contributed by atoms with van der Waals surface area (Å²) >= 11 is 1.18. The van der Waals surface area contributed by atoms with E-state index in [4.69, 9.17) is 0 Å². The first-order valence-electron chi connectivity index (χ1n) is 5.25. The van der Waals surface area contributed by atoms with E-state index in [1.807, 2.05) is 16.9 Å². The lowest BCUT2D eigenvalue weighted by Crippen LogP contribution is -2.12. The second-order valence-electron chi connectivity index (χ2n) is 3.47. The predicted octanol–water partition coefficient (Wildman–Crippen LogP) is 2.82. The van der Waals surface area contributed by atoms with Gasteiger partial charge in [-0.05, 0) is 25.1 Å². The smallest absolute Gasteiger partial charge is 0.176 e. The number of hydrogen-bond acceptors (Lipinski definition) is 3. The van der Waals surface area contributed by atoms with E-state index < -0.39 is 0 Å². The number of aryl methyl sites for hydroxylation is 1. The standard InChI is InChI=1S/C11H14FN3S.ClH/c1-2-15-6-5-9(14-15)7-13-8-10-3-4-11(12)16-10;/h3-6,13H,2,7-8H2,1H3;1H. The molecule has 6 heteroatoms. The molecular weight excluding hydrogens is 261 g/mol. The molecule has 0 saturated heterocycles. The first-order chi connectivity index (χ1) is 7.78. The van der Waals surface area contributed by atoms with Crippen molar-refractivity contribution in [2.75, 3.05) is 0 Å². The Morgan fingerprint density at radius 2 is 2.18 bits per heavy atom. The van der Waals surface area contributed by atoms with Crippen LogP contribution in [0.3, 0.4) is 0 Å². The van der Waals surface area contributed by atoms with Gasteiger partial charge in [0.25, 0.3) is 0 Å². The van der Waals surface area contributed by atoms with Gasteiger partial charge in [-0.2, -0.15) is 9.49 Å². The highest BCUT2D eigenvalue weighted by atomic mass is 35.5. The van der Waals surface area contributed by atoms with Crippen LogP contribution < -0.4 is 5.32 Å². The van der Waals surface area contributed by atoms with E-state index in [9.17, 15) is 4.39 Å². The Hall–Kier alpha value is -0.910. The molecule has 0 aliphatic rings. The van der Waals surface area contributed by atoms with Crippen molar-refractivity contribution in [3.8, 4) is 0 Å². The SMILES string of the molecule is CCn1ccc(CNCc2ccc(F)s2)n1.Cl. The van der Waals surface area contributed by atoms with E-state index >= 15 is 0 Å². The second kappa shape index (κ2) is 6.74. The summed E-state index contributed by atoms with van der Waals surface area (Å²) in [5.74, 6) is 0. The van der Waals surface area contributed by atoms with Gasteiger partial charge >= 0.3 is 0 Å². The molecule has 0 radical (unpaired) electrons. The van der Waals surface area contributed by atoms with Crippen molar-refractivity contribution in [3.05, 3.63) is 40.1 Å². The van der Waals surface area contributed by atoms with Crippen molar-refractivity contribution < 1.29 is 4.39 Å². The Balaban J connectivity index is 0.00000144. The van der Waals surface area contributed by atoms with Gasteiger partial charge in [0.05, 0.1) is 5.69 Å². The number of halogens is 2. The maximum absolute atomic E-state index is 12.7. The monoisotopic (exact) mass is 275 g/mol. The normalized spacial score (nSPS) is 10.2. The third-order valence-corrected chi connectivity index (χ3v) is 3.13. The Kier molecular flexibility index (Phi) is 5.61. The molecule has 94 valence electrons. The van der Waals surface area contributed by atoms with Gasteiger partial charge in [-0.1, -0.05) is 0 Å². The molecule has 1 N–H and O–H groups in total. The number of nitrogens with zero attached hydrogens (tertiary/aromatic N) is 2. The van der Waals surface area contributed by atoms with E-state index in [0.717, 1.165) is 17.1 Å². The van der Waals surface area contributed by atoms with Crippen LogP contribution in [0, 0.1) is 5.13 Å². The molecule has 2 aromatic rings. The third-order valence-electron chi connectivity index (χ3n) is 2.25. The average molecular weight is 276 g/mol. The summed E-state index contributed by atoms with van der Waals surface area (Å²) < 4.78 is 14.6. The fourth-order valence-corrected chi connectivity index (χ4v) is 2.13. The zero-order valence-corrected chi connectivity index (χ0v) is 11.2. The number of aromatic nitrogens is 2. The van der Waals surface area contributed by atoms with Gasteiger partial charge in [-0.15, -0.1) is 23.7 Å². The summed E-state index contributed by atoms with van der Waals surface area (Å²) in [4.78, 5) is 1.01. The third kappa shape index (κ3) is 4.11. The van der Waals surface area contributed by atoms with Crippen LogP contribution >= 0.6 is 23.7 Å². The van der Waals surface area contributed by atoms with Crippen molar-refractivity contribution in [1.82, 2.24) is 15.1 Å². The second-order valence-corrected chi connectivity index (χ2v) is 4.59.